The van der Waals surface area contributed by atoms with Crippen LogP contribution in [0.2, 0.25) is 0 Å². The van der Waals surface area contributed by atoms with E-state index >= 15 is 0 Å². The van der Waals surface area contributed by atoms with Crippen LogP contribution in [0.3, 0.4) is 0 Å². The normalized spacial score (nSPS) is 13.0. The summed E-state index contributed by atoms with van der Waals surface area (Å²) in [5, 5.41) is 0. The van der Waals surface area contributed by atoms with Crippen molar-refractivity contribution in [1.82, 2.24) is 9.55 Å². The average Bonchev–Trinajstić information content (AvgIpc) is 3.07. The van der Waals surface area contributed by atoms with Gasteiger partial charge < -0.3 is 8.98 Å². The molecule has 0 fully saturated rings. The molecule has 0 saturated heterocycles. The summed E-state index contributed by atoms with van der Waals surface area (Å²) in [7, 11) is 0. The number of benzene rings is 1. The Labute approximate surface area is 134 Å². The van der Waals surface area contributed by atoms with E-state index in [1.54, 1.807) is 12.3 Å². The fourth-order valence-electron chi connectivity index (χ4n) is 2.49. The van der Waals surface area contributed by atoms with Crippen molar-refractivity contribution in [1.29, 1.82) is 0 Å². The second-order valence-electron chi connectivity index (χ2n) is 4.78. The van der Waals surface area contributed by atoms with Gasteiger partial charge in [0.1, 0.15) is 17.4 Å². The van der Waals surface area contributed by atoms with E-state index in [9.17, 15) is 4.39 Å². The van der Waals surface area contributed by atoms with Crippen LogP contribution in [-0.4, -0.2) is 15.4 Å². The van der Waals surface area contributed by atoms with Gasteiger partial charge >= 0.3 is 0 Å². The van der Waals surface area contributed by atoms with Gasteiger partial charge in [0.25, 0.3) is 0 Å². The van der Waals surface area contributed by atoms with Gasteiger partial charge in [-0.05, 0) is 41.1 Å². The largest absolute Gasteiger partial charge is 0.467 e. The van der Waals surface area contributed by atoms with Crippen molar-refractivity contribution in [2.24, 2.45) is 0 Å². The van der Waals surface area contributed by atoms with Gasteiger partial charge in [-0.1, -0.05) is 0 Å². The minimum atomic E-state index is -0.312. The van der Waals surface area contributed by atoms with E-state index in [4.69, 9.17) is 16.0 Å². The van der Waals surface area contributed by atoms with Crippen LogP contribution in [0.25, 0.3) is 11.0 Å². The highest BCUT2D eigenvalue weighted by molar-refractivity contribution is 9.10. The zero-order valence-corrected chi connectivity index (χ0v) is 13.7. The van der Waals surface area contributed by atoms with Crippen molar-refractivity contribution >= 4 is 38.6 Å². The zero-order chi connectivity index (χ0) is 15.0. The molecule has 1 atom stereocenters. The predicted octanol–water partition coefficient (Wildman–Crippen LogP) is 4.92. The molecule has 0 bridgehead atoms. The van der Waals surface area contributed by atoms with E-state index in [0.29, 0.717) is 16.8 Å². The molecule has 1 aromatic carbocycles. The Morgan fingerprint density at radius 2 is 2.29 bits per heavy atom. The van der Waals surface area contributed by atoms with Crippen molar-refractivity contribution in [2.75, 3.05) is 5.88 Å². The Balaban J connectivity index is 2.22. The number of nitrogens with zero attached hydrogens (tertiary/aromatic N) is 2. The molecule has 2 heterocycles. The number of aromatic nitrogens is 2. The molecule has 6 heteroatoms. The number of fused-ring (bicyclic) bond motifs is 1. The molecule has 0 aliphatic carbocycles. The molecule has 0 aliphatic rings. The van der Waals surface area contributed by atoms with Crippen LogP contribution >= 0.6 is 27.5 Å². The molecule has 1 unspecified atom stereocenters. The van der Waals surface area contributed by atoms with Crippen molar-refractivity contribution in [2.45, 2.75) is 19.4 Å². The van der Waals surface area contributed by atoms with E-state index in [1.165, 1.54) is 6.07 Å². The topological polar surface area (TPSA) is 31.0 Å². The molecular weight excluding hydrogens is 359 g/mol. The number of aryl methyl sites for hydroxylation is 1. The fourth-order valence-corrected chi connectivity index (χ4v) is 2.99. The summed E-state index contributed by atoms with van der Waals surface area (Å²) in [4.78, 5) is 4.58. The SMILES string of the molecule is CC(c1ccco1)n1c(CCCl)nc2cc(Br)c(F)cc21. The van der Waals surface area contributed by atoms with Gasteiger partial charge in [-0.2, -0.15) is 0 Å². The first-order valence-electron chi connectivity index (χ1n) is 6.57. The minimum absolute atomic E-state index is 0.0798. The van der Waals surface area contributed by atoms with Crippen LogP contribution in [-0.2, 0) is 6.42 Å². The van der Waals surface area contributed by atoms with Gasteiger partial charge in [0.2, 0.25) is 0 Å². The van der Waals surface area contributed by atoms with Crippen LogP contribution in [0.4, 0.5) is 4.39 Å². The van der Waals surface area contributed by atoms with Gasteiger partial charge in [0.15, 0.2) is 0 Å². The summed E-state index contributed by atoms with van der Waals surface area (Å²) >= 11 is 9.06. The number of hydrogen-bond acceptors (Lipinski definition) is 2. The van der Waals surface area contributed by atoms with E-state index in [1.807, 2.05) is 23.6 Å². The van der Waals surface area contributed by atoms with E-state index < -0.39 is 0 Å². The fraction of sp³-hybridized carbons (Fsp3) is 0.267. The Morgan fingerprint density at radius 1 is 1.48 bits per heavy atom. The maximum Gasteiger partial charge on any atom is 0.139 e. The summed E-state index contributed by atoms with van der Waals surface area (Å²) < 4.78 is 21.7. The lowest BCUT2D eigenvalue weighted by atomic mass is 10.2. The molecule has 110 valence electrons. The first-order chi connectivity index (χ1) is 10.1. The van der Waals surface area contributed by atoms with Gasteiger partial charge in [0, 0.05) is 18.4 Å². The molecule has 0 aliphatic heterocycles. The lowest BCUT2D eigenvalue weighted by Gasteiger charge is -2.15. The first kappa shape index (κ1) is 14.6. The average molecular weight is 372 g/mol. The highest BCUT2D eigenvalue weighted by atomic mass is 79.9. The van der Waals surface area contributed by atoms with E-state index in [2.05, 4.69) is 20.9 Å². The van der Waals surface area contributed by atoms with Gasteiger partial charge in [0.05, 0.1) is 27.8 Å². The lowest BCUT2D eigenvalue weighted by molar-refractivity contribution is 0.444. The van der Waals surface area contributed by atoms with Crippen molar-refractivity contribution in [3.8, 4) is 0 Å². The molecule has 0 radical (unpaired) electrons. The van der Waals surface area contributed by atoms with Crippen LogP contribution in [0, 0.1) is 5.82 Å². The Morgan fingerprint density at radius 3 is 2.95 bits per heavy atom. The highest BCUT2D eigenvalue weighted by Gasteiger charge is 2.20. The van der Waals surface area contributed by atoms with Crippen molar-refractivity contribution < 1.29 is 8.81 Å². The number of hydrogen-bond donors (Lipinski definition) is 0. The monoisotopic (exact) mass is 370 g/mol. The van der Waals surface area contributed by atoms with Crippen LogP contribution < -0.4 is 0 Å². The number of rotatable bonds is 4. The smallest absolute Gasteiger partial charge is 0.139 e. The maximum absolute atomic E-state index is 13.9. The summed E-state index contributed by atoms with van der Waals surface area (Å²) in [6.45, 7) is 2.00. The number of halogens is 3. The molecule has 3 nitrogen and oxygen atoms in total. The second-order valence-corrected chi connectivity index (χ2v) is 6.02. The third-order valence-corrected chi connectivity index (χ3v) is 4.26. The highest BCUT2D eigenvalue weighted by Crippen LogP contribution is 2.29. The molecule has 3 rings (SSSR count). The molecule has 2 aromatic heterocycles. The molecule has 0 saturated carbocycles. The Bertz CT molecular complexity index is 770. The summed E-state index contributed by atoms with van der Waals surface area (Å²) in [5.41, 5.74) is 1.47. The van der Waals surface area contributed by atoms with Gasteiger partial charge in [-0.3, -0.25) is 0 Å². The van der Waals surface area contributed by atoms with Crippen LogP contribution in [0.15, 0.2) is 39.4 Å². The van der Waals surface area contributed by atoms with Crippen LogP contribution in [0.1, 0.15) is 24.6 Å². The van der Waals surface area contributed by atoms with Gasteiger partial charge in [-0.25, -0.2) is 9.37 Å². The zero-order valence-electron chi connectivity index (χ0n) is 11.3. The predicted molar refractivity (Wildman–Crippen MR) is 84.3 cm³/mol. The summed E-state index contributed by atoms with van der Waals surface area (Å²) in [6.07, 6.45) is 2.24. The Kier molecular flexibility index (Phi) is 4.04. The van der Waals surface area contributed by atoms with Gasteiger partial charge in [-0.15, -0.1) is 11.6 Å². The van der Waals surface area contributed by atoms with Crippen LogP contribution in [0.5, 0.6) is 0 Å². The van der Waals surface area contributed by atoms with E-state index in [-0.39, 0.29) is 11.9 Å². The molecule has 0 N–H and O–H groups in total. The Hall–Kier alpha value is -1.33. The third kappa shape index (κ3) is 2.60. The lowest BCUT2D eigenvalue weighted by Crippen LogP contribution is -2.10. The minimum Gasteiger partial charge on any atom is -0.467 e. The molecule has 3 aromatic rings. The molecule has 0 amide bonds. The van der Waals surface area contributed by atoms with Crippen molar-refractivity contribution in [3.05, 3.63) is 52.4 Å². The van der Waals surface area contributed by atoms with E-state index in [0.717, 1.165) is 22.6 Å². The maximum atomic E-state index is 13.9. The first-order valence-corrected chi connectivity index (χ1v) is 7.89. The third-order valence-electron chi connectivity index (χ3n) is 3.46. The second kappa shape index (κ2) is 5.81. The number of imidazole rings is 1. The number of furan rings is 1. The van der Waals surface area contributed by atoms with Crippen molar-refractivity contribution in [3.63, 3.8) is 0 Å². The molecule has 0 spiro atoms. The summed E-state index contributed by atoms with van der Waals surface area (Å²) in [5.74, 6) is 1.76. The quantitative estimate of drug-likeness (QED) is 0.609. The number of alkyl halides is 1. The molecular formula is C15H13BrClFN2O. The standard InChI is InChI=1S/C15H13BrClFN2O/c1-9(14-3-2-6-21-14)20-13-8-11(18)10(16)7-12(13)19-15(20)4-5-17/h2-3,6-9H,4-5H2,1H3. The summed E-state index contributed by atoms with van der Waals surface area (Å²) in [6, 6.07) is 6.83. The molecule has 21 heavy (non-hydrogen) atoms.